The van der Waals surface area contributed by atoms with Gasteiger partial charge in [0.05, 0.1) is 5.60 Å². The van der Waals surface area contributed by atoms with Crippen molar-refractivity contribution >= 4 is 5.91 Å². The highest BCUT2D eigenvalue weighted by molar-refractivity contribution is 5.77. The predicted molar refractivity (Wildman–Crippen MR) is 73.3 cm³/mol. The van der Waals surface area contributed by atoms with E-state index in [1.807, 2.05) is 0 Å². The molecule has 0 bridgehead atoms. The van der Waals surface area contributed by atoms with E-state index in [0.29, 0.717) is 19.0 Å². The Morgan fingerprint density at radius 2 is 1.89 bits per heavy atom. The van der Waals surface area contributed by atoms with Gasteiger partial charge in [0.15, 0.2) is 0 Å². The number of nitrogens with one attached hydrogen (secondary N) is 1. The zero-order valence-electron chi connectivity index (χ0n) is 11.8. The molecule has 1 fully saturated rings. The topological polar surface area (TPSA) is 64.3 Å². The van der Waals surface area contributed by atoms with Gasteiger partial charge in [-0.1, -0.05) is 39.5 Å². The first-order valence-electron chi connectivity index (χ1n) is 7.19. The number of carbonyl (C=O) groups is 1. The third-order valence-corrected chi connectivity index (χ3v) is 3.60. The van der Waals surface area contributed by atoms with E-state index in [1.54, 1.807) is 0 Å². The summed E-state index contributed by atoms with van der Waals surface area (Å²) < 4.78 is 5.86. The Morgan fingerprint density at radius 1 is 1.28 bits per heavy atom. The lowest BCUT2D eigenvalue weighted by Crippen LogP contribution is -2.43. The van der Waals surface area contributed by atoms with E-state index in [9.17, 15) is 4.79 Å². The zero-order valence-corrected chi connectivity index (χ0v) is 11.8. The minimum absolute atomic E-state index is 0.0271. The van der Waals surface area contributed by atoms with Gasteiger partial charge in [-0.25, -0.2) is 0 Å². The van der Waals surface area contributed by atoms with Crippen molar-refractivity contribution in [3.63, 3.8) is 0 Å². The molecule has 1 amide bonds. The highest BCUT2D eigenvalue weighted by Gasteiger charge is 2.30. The van der Waals surface area contributed by atoms with Crippen LogP contribution in [0.25, 0.3) is 0 Å². The Bertz CT molecular complexity index is 246. The molecule has 106 valence electrons. The fourth-order valence-electron chi connectivity index (χ4n) is 2.37. The van der Waals surface area contributed by atoms with Crippen molar-refractivity contribution in [2.24, 2.45) is 11.7 Å². The van der Waals surface area contributed by atoms with Crippen LogP contribution in [-0.4, -0.2) is 31.2 Å². The van der Waals surface area contributed by atoms with E-state index in [0.717, 1.165) is 25.7 Å². The lowest BCUT2D eigenvalue weighted by molar-refractivity contribution is -0.134. The summed E-state index contributed by atoms with van der Waals surface area (Å²) in [5.41, 5.74) is 5.60. The molecular weight excluding hydrogens is 228 g/mol. The van der Waals surface area contributed by atoms with E-state index in [4.69, 9.17) is 10.5 Å². The van der Waals surface area contributed by atoms with E-state index < -0.39 is 0 Å². The fourth-order valence-corrected chi connectivity index (χ4v) is 2.37. The number of ether oxygens (including phenoxy) is 1. The molecule has 0 aliphatic heterocycles. The van der Waals surface area contributed by atoms with Crippen LogP contribution >= 0.6 is 0 Å². The minimum atomic E-state index is -0.258. The lowest BCUT2D eigenvalue weighted by atomic mass is 9.94. The van der Waals surface area contributed by atoms with Gasteiger partial charge >= 0.3 is 0 Å². The van der Waals surface area contributed by atoms with E-state index in [-0.39, 0.29) is 18.1 Å². The summed E-state index contributed by atoms with van der Waals surface area (Å²) in [7, 11) is 0. The van der Waals surface area contributed by atoms with Crippen molar-refractivity contribution < 1.29 is 9.53 Å². The van der Waals surface area contributed by atoms with Crippen LogP contribution in [-0.2, 0) is 9.53 Å². The van der Waals surface area contributed by atoms with Crippen molar-refractivity contribution in [3.8, 4) is 0 Å². The van der Waals surface area contributed by atoms with E-state index in [2.05, 4.69) is 19.2 Å². The first-order valence-corrected chi connectivity index (χ1v) is 7.19. The Labute approximate surface area is 111 Å². The molecule has 0 aromatic rings. The van der Waals surface area contributed by atoms with Gasteiger partial charge in [0, 0.05) is 13.1 Å². The van der Waals surface area contributed by atoms with Crippen LogP contribution in [0.3, 0.4) is 0 Å². The van der Waals surface area contributed by atoms with Crippen molar-refractivity contribution in [1.29, 1.82) is 0 Å². The van der Waals surface area contributed by atoms with Gasteiger partial charge in [-0.15, -0.1) is 0 Å². The van der Waals surface area contributed by atoms with Crippen molar-refractivity contribution in [3.05, 3.63) is 0 Å². The molecule has 3 N–H and O–H groups in total. The molecule has 1 rings (SSSR count). The summed E-state index contributed by atoms with van der Waals surface area (Å²) in [6, 6.07) is 0. The van der Waals surface area contributed by atoms with E-state index in [1.165, 1.54) is 12.8 Å². The standard InChI is InChI=1S/C14H28N2O2/c1-12(2)9-16-13(17)10-18-14(11-15)7-5-3-4-6-8-14/h12H,3-11,15H2,1-2H3,(H,16,17). The third kappa shape index (κ3) is 5.36. The molecule has 1 aliphatic carbocycles. The van der Waals surface area contributed by atoms with Crippen LogP contribution in [0.1, 0.15) is 52.4 Å². The van der Waals surface area contributed by atoms with Gasteiger partial charge in [0.25, 0.3) is 0 Å². The third-order valence-electron chi connectivity index (χ3n) is 3.60. The van der Waals surface area contributed by atoms with Crippen LogP contribution in [0, 0.1) is 5.92 Å². The highest BCUT2D eigenvalue weighted by atomic mass is 16.5. The van der Waals surface area contributed by atoms with Crippen molar-refractivity contribution in [1.82, 2.24) is 5.32 Å². The molecule has 0 unspecified atom stereocenters. The van der Waals surface area contributed by atoms with Gasteiger partial charge in [0.2, 0.25) is 5.91 Å². The van der Waals surface area contributed by atoms with Crippen LogP contribution < -0.4 is 11.1 Å². The Kier molecular flexibility index (Phi) is 6.65. The summed E-state index contributed by atoms with van der Waals surface area (Å²) in [6.07, 6.45) is 6.80. The van der Waals surface area contributed by atoms with Crippen molar-refractivity contribution in [2.75, 3.05) is 19.7 Å². The molecule has 0 aromatic carbocycles. The summed E-state index contributed by atoms with van der Waals surface area (Å²) >= 11 is 0. The molecule has 0 spiro atoms. The average Bonchev–Trinajstić information content (AvgIpc) is 2.60. The van der Waals surface area contributed by atoms with Gasteiger partial charge < -0.3 is 15.8 Å². The molecule has 0 aromatic heterocycles. The van der Waals surface area contributed by atoms with Gasteiger partial charge in [0.1, 0.15) is 6.61 Å². The Morgan fingerprint density at radius 3 is 2.39 bits per heavy atom. The Hall–Kier alpha value is -0.610. The normalized spacial score (nSPS) is 19.6. The molecule has 1 saturated carbocycles. The van der Waals surface area contributed by atoms with Crippen LogP contribution in [0.2, 0.25) is 0 Å². The molecular formula is C14H28N2O2. The molecule has 4 heteroatoms. The van der Waals surface area contributed by atoms with Crippen LogP contribution in [0.4, 0.5) is 0 Å². The summed E-state index contributed by atoms with van der Waals surface area (Å²) in [6.45, 7) is 5.52. The van der Waals surface area contributed by atoms with Crippen LogP contribution in [0.5, 0.6) is 0 Å². The smallest absolute Gasteiger partial charge is 0.246 e. The van der Waals surface area contributed by atoms with Gasteiger partial charge in [-0.2, -0.15) is 0 Å². The summed E-state index contributed by atoms with van der Waals surface area (Å²) in [5.74, 6) is 0.441. The molecule has 1 aliphatic rings. The number of hydrogen-bond acceptors (Lipinski definition) is 3. The maximum Gasteiger partial charge on any atom is 0.246 e. The Balaban J connectivity index is 2.35. The first-order chi connectivity index (χ1) is 8.58. The summed E-state index contributed by atoms with van der Waals surface area (Å²) in [5, 5.41) is 2.87. The molecule has 4 nitrogen and oxygen atoms in total. The molecule has 0 saturated heterocycles. The SMILES string of the molecule is CC(C)CNC(=O)COC1(CN)CCCCCC1. The molecule has 18 heavy (non-hydrogen) atoms. The fraction of sp³-hybridized carbons (Fsp3) is 0.929. The van der Waals surface area contributed by atoms with Gasteiger partial charge in [-0.3, -0.25) is 4.79 Å². The zero-order chi connectivity index (χ0) is 13.4. The largest absolute Gasteiger partial charge is 0.364 e. The maximum absolute atomic E-state index is 11.7. The first kappa shape index (κ1) is 15.4. The maximum atomic E-state index is 11.7. The lowest BCUT2D eigenvalue weighted by Gasteiger charge is -2.31. The second-order valence-electron chi connectivity index (χ2n) is 5.79. The predicted octanol–water partition coefficient (Wildman–Crippen LogP) is 1.83. The second-order valence-corrected chi connectivity index (χ2v) is 5.79. The molecule has 0 heterocycles. The number of amides is 1. The minimum Gasteiger partial charge on any atom is -0.364 e. The number of hydrogen-bond donors (Lipinski definition) is 2. The number of rotatable bonds is 6. The molecule has 0 radical (unpaired) electrons. The highest BCUT2D eigenvalue weighted by Crippen LogP contribution is 2.29. The van der Waals surface area contributed by atoms with Crippen molar-refractivity contribution in [2.45, 2.75) is 58.0 Å². The van der Waals surface area contributed by atoms with Crippen LogP contribution in [0.15, 0.2) is 0 Å². The number of carbonyl (C=O) groups excluding carboxylic acids is 1. The second kappa shape index (κ2) is 7.74. The number of nitrogens with two attached hydrogens (primary N) is 1. The van der Waals surface area contributed by atoms with Gasteiger partial charge in [-0.05, 0) is 18.8 Å². The average molecular weight is 256 g/mol. The quantitative estimate of drug-likeness (QED) is 0.713. The monoisotopic (exact) mass is 256 g/mol. The molecule has 0 atom stereocenters. The summed E-state index contributed by atoms with van der Waals surface area (Å²) in [4.78, 5) is 11.7. The van der Waals surface area contributed by atoms with E-state index >= 15 is 0 Å².